The number of piperazine rings is 1. The molecule has 40 heavy (non-hydrogen) atoms. The minimum Gasteiger partial charge on any atom is -0.508 e. The molecule has 0 aliphatic carbocycles. The van der Waals surface area contributed by atoms with Gasteiger partial charge in [-0.2, -0.15) is 0 Å². The monoisotopic (exact) mass is 580 g/mol. The number of thioether (sulfide) groups is 2. The zero-order valence-corrected chi connectivity index (χ0v) is 24.4. The van der Waals surface area contributed by atoms with E-state index in [9.17, 15) is 14.7 Å². The molecule has 10 nitrogen and oxygen atoms in total. The largest absolute Gasteiger partial charge is 0.508 e. The van der Waals surface area contributed by atoms with Crippen molar-refractivity contribution in [2.75, 3.05) is 45.3 Å². The van der Waals surface area contributed by atoms with Gasteiger partial charge in [0.1, 0.15) is 34.2 Å². The van der Waals surface area contributed by atoms with Gasteiger partial charge in [-0.05, 0) is 43.2 Å². The van der Waals surface area contributed by atoms with Crippen molar-refractivity contribution in [2.24, 2.45) is 0 Å². The third-order valence-corrected chi connectivity index (χ3v) is 7.85. The van der Waals surface area contributed by atoms with Gasteiger partial charge in [0, 0.05) is 62.4 Å². The molecule has 0 spiro atoms. The third-order valence-electron chi connectivity index (χ3n) is 6.42. The highest BCUT2D eigenvalue weighted by Gasteiger charge is 2.21. The Balaban J connectivity index is 0.000000236. The number of benzene rings is 2. The van der Waals surface area contributed by atoms with E-state index in [0.717, 1.165) is 37.6 Å². The Morgan fingerprint density at radius 1 is 0.850 bits per heavy atom. The Kier molecular flexibility index (Phi) is 10.4. The smallest absolute Gasteiger partial charge is 0.222 e. The van der Waals surface area contributed by atoms with Crippen LogP contribution in [0.2, 0.25) is 0 Å². The number of phenols is 1. The van der Waals surface area contributed by atoms with Crippen molar-refractivity contribution >= 4 is 57.1 Å². The number of ether oxygens (including phenoxy) is 1. The van der Waals surface area contributed by atoms with Crippen molar-refractivity contribution in [3.63, 3.8) is 0 Å². The number of rotatable bonds is 7. The minimum absolute atomic E-state index is 0.0702. The Bertz CT molecular complexity index is 1480. The predicted octanol–water partition coefficient (Wildman–Crippen LogP) is 4.26. The maximum atomic E-state index is 12.3. The molecule has 5 rings (SSSR count). The van der Waals surface area contributed by atoms with E-state index < -0.39 is 0 Å². The van der Waals surface area contributed by atoms with Gasteiger partial charge in [0.25, 0.3) is 0 Å². The first-order chi connectivity index (χ1) is 19.4. The molecule has 0 atom stereocenters. The predicted molar refractivity (Wildman–Crippen MR) is 158 cm³/mol. The Morgan fingerprint density at radius 3 is 2.02 bits per heavy atom. The van der Waals surface area contributed by atoms with Crippen LogP contribution in [0.15, 0.2) is 59.1 Å². The molecular formula is C28H32N6O4S2. The molecule has 0 saturated carbocycles. The number of amides is 2. The summed E-state index contributed by atoms with van der Waals surface area (Å²) in [5.41, 5.74) is 1.63. The number of nitrogens with zero attached hydrogens (tertiary/aromatic N) is 6. The van der Waals surface area contributed by atoms with Gasteiger partial charge < -0.3 is 19.6 Å². The molecule has 4 aromatic rings. The SMILES string of the molecule is CSc1ncnc2cc(O)ccc12.CSc1ncnc2cc(OCCCC(=O)N3CCN(C(C)=O)CC3)ccc12. The molecule has 1 fully saturated rings. The third kappa shape index (κ3) is 7.51. The van der Waals surface area contributed by atoms with Crippen molar-refractivity contribution in [1.29, 1.82) is 0 Å². The first-order valence-electron chi connectivity index (χ1n) is 12.8. The summed E-state index contributed by atoms with van der Waals surface area (Å²) in [5.74, 6) is 1.17. The normalized spacial score (nSPS) is 13.2. The summed E-state index contributed by atoms with van der Waals surface area (Å²) in [7, 11) is 0. The molecule has 2 aromatic heterocycles. The highest BCUT2D eigenvalue weighted by molar-refractivity contribution is 7.99. The van der Waals surface area contributed by atoms with Crippen molar-refractivity contribution in [2.45, 2.75) is 29.8 Å². The van der Waals surface area contributed by atoms with Crippen LogP contribution >= 0.6 is 23.5 Å². The Labute approximate surface area is 241 Å². The Hall–Kier alpha value is -3.64. The minimum atomic E-state index is 0.0702. The van der Waals surface area contributed by atoms with Gasteiger partial charge in [-0.25, -0.2) is 19.9 Å². The van der Waals surface area contributed by atoms with Gasteiger partial charge in [-0.3, -0.25) is 9.59 Å². The van der Waals surface area contributed by atoms with E-state index >= 15 is 0 Å². The molecule has 0 bridgehead atoms. The lowest BCUT2D eigenvalue weighted by Gasteiger charge is -2.34. The summed E-state index contributed by atoms with van der Waals surface area (Å²) in [6.45, 7) is 4.51. The van der Waals surface area contributed by atoms with Gasteiger partial charge in [0.15, 0.2) is 0 Å². The number of carbonyl (C=O) groups is 2. The molecule has 1 aliphatic heterocycles. The molecule has 1 N–H and O–H groups in total. The molecule has 210 valence electrons. The van der Waals surface area contributed by atoms with Gasteiger partial charge in [0.2, 0.25) is 11.8 Å². The van der Waals surface area contributed by atoms with Crippen LogP contribution in [0.25, 0.3) is 21.8 Å². The van der Waals surface area contributed by atoms with Gasteiger partial charge >= 0.3 is 0 Å². The second-order valence-corrected chi connectivity index (χ2v) is 10.6. The lowest BCUT2D eigenvalue weighted by atomic mass is 10.2. The van der Waals surface area contributed by atoms with Crippen LogP contribution in [-0.2, 0) is 9.59 Å². The van der Waals surface area contributed by atoms with Crippen LogP contribution in [0.5, 0.6) is 11.5 Å². The average Bonchev–Trinajstić information content (AvgIpc) is 2.98. The number of hydrogen-bond acceptors (Lipinski definition) is 10. The van der Waals surface area contributed by atoms with Crippen LogP contribution in [0.1, 0.15) is 19.8 Å². The van der Waals surface area contributed by atoms with Crippen molar-refractivity contribution < 1.29 is 19.4 Å². The first kappa shape index (κ1) is 29.3. The quantitative estimate of drug-likeness (QED) is 0.193. The molecule has 2 amide bonds. The summed E-state index contributed by atoms with van der Waals surface area (Å²) < 4.78 is 5.78. The zero-order valence-electron chi connectivity index (χ0n) is 22.7. The molecule has 0 unspecified atom stereocenters. The molecule has 12 heteroatoms. The van der Waals surface area contributed by atoms with Gasteiger partial charge in [-0.15, -0.1) is 23.5 Å². The van der Waals surface area contributed by atoms with Crippen molar-refractivity contribution in [3.05, 3.63) is 49.1 Å². The maximum Gasteiger partial charge on any atom is 0.222 e. The fraction of sp³-hybridized carbons (Fsp3) is 0.357. The van der Waals surface area contributed by atoms with Crippen LogP contribution in [0, 0.1) is 0 Å². The summed E-state index contributed by atoms with van der Waals surface area (Å²) in [5, 5.41) is 13.1. The van der Waals surface area contributed by atoms with E-state index in [-0.39, 0.29) is 17.6 Å². The summed E-state index contributed by atoms with van der Waals surface area (Å²) in [6, 6.07) is 10.9. The number of hydrogen-bond donors (Lipinski definition) is 1. The molecule has 1 saturated heterocycles. The second kappa shape index (κ2) is 14.1. The lowest BCUT2D eigenvalue weighted by Crippen LogP contribution is -2.50. The number of carbonyl (C=O) groups excluding carboxylic acids is 2. The van der Waals surface area contributed by atoms with E-state index in [0.29, 0.717) is 45.6 Å². The van der Waals surface area contributed by atoms with Gasteiger partial charge in [-0.1, -0.05) is 0 Å². The number of aromatic nitrogens is 4. The van der Waals surface area contributed by atoms with Gasteiger partial charge in [0.05, 0.1) is 17.6 Å². The van der Waals surface area contributed by atoms with E-state index in [2.05, 4.69) is 19.9 Å². The second-order valence-electron chi connectivity index (χ2n) is 8.99. The lowest BCUT2D eigenvalue weighted by molar-refractivity contribution is -0.138. The standard InChI is InChI=1S/C19H24N4O3S.C9H8N2OS/c1-14(24)22-7-9-23(10-8-22)18(25)4-3-11-26-15-5-6-16-17(12-15)20-13-21-19(16)27-2;1-13-9-7-3-2-6(12)4-8(7)10-5-11-9/h5-6,12-13H,3-4,7-11H2,1-2H3;2-5,12H,1H3. The summed E-state index contributed by atoms with van der Waals surface area (Å²) >= 11 is 3.16. The van der Waals surface area contributed by atoms with Crippen LogP contribution < -0.4 is 4.74 Å². The zero-order chi connectivity index (χ0) is 28.5. The van der Waals surface area contributed by atoms with Crippen LogP contribution in [-0.4, -0.2) is 92.0 Å². The maximum absolute atomic E-state index is 12.3. The molecular weight excluding hydrogens is 548 g/mol. The summed E-state index contributed by atoms with van der Waals surface area (Å²) in [4.78, 5) is 44.0. The fourth-order valence-electron chi connectivity index (χ4n) is 4.29. The molecule has 3 heterocycles. The topological polar surface area (TPSA) is 122 Å². The van der Waals surface area contributed by atoms with Crippen LogP contribution in [0.3, 0.4) is 0 Å². The number of aromatic hydroxyl groups is 1. The number of phenolic OH excluding ortho intramolecular Hbond substituents is 1. The van der Waals surface area contributed by atoms with Crippen LogP contribution in [0.4, 0.5) is 0 Å². The van der Waals surface area contributed by atoms with E-state index in [4.69, 9.17) is 4.74 Å². The highest BCUT2D eigenvalue weighted by atomic mass is 32.2. The highest BCUT2D eigenvalue weighted by Crippen LogP contribution is 2.26. The Morgan fingerprint density at radius 2 is 1.43 bits per heavy atom. The number of fused-ring (bicyclic) bond motifs is 2. The van der Waals surface area contributed by atoms with E-state index in [1.807, 2.05) is 41.7 Å². The molecule has 0 radical (unpaired) electrons. The average molecular weight is 581 g/mol. The van der Waals surface area contributed by atoms with Crippen molar-refractivity contribution in [3.8, 4) is 11.5 Å². The first-order valence-corrected chi connectivity index (χ1v) is 15.3. The van der Waals surface area contributed by atoms with E-state index in [1.54, 1.807) is 53.8 Å². The fourth-order valence-corrected chi connectivity index (χ4v) is 5.38. The molecule has 2 aromatic carbocycles. The molecule has 1 aliphatic rings. The summed E-state index contributed by atoms with van der Waals surface area (Å²) in [6.07, 6.45) is 8.13. The van der Waals surface area contributed by atoms with E-state index in [1.165, 1.54) is 6.33 Å². The van der Waals surface area contributed by atoms with Crippen molar-refractivity contribution in [1.82, 2.24) is 29.7 Å².